The first-order chi connectivity index (χ1) is 15.2. The van der Waals surface area contributed by atoms with Gasteiger partial charge in [-0.3, -0.25) is 4.31 Å². The van der Waals surface area contributed by atoms with Gasteiger partial charge in [0.2, 0.25) is 0 Å². The van der Waals surface area contributed by atoms with E-state index in [0.717, 1.165) is 43.9 Å². The minimum Gasteiger partial charge on any atom is -0.383 e. The largest absolute Gasteiger partial charge is 0.383 e. The van der Waals surface area contributed by atoms with E-state index >= 15 is 0 Å². The molecule has 0 aliphatic heterocycles. The Balaban J connectivity index is 2.21. The zero-order valence-electron chi connectivity index (χ0n) is 19.6. The monoisotopic (exact) mass is 452 g/mol. The molecule has 0 aliphatic carbocycles. The number of halogens is 1. The van der Waals surface area contributed by atoms with Crippen molar-refractivity contribution < 1.29 is 4.39 Å². The second kappa shape index (κ2) is 10.4. The van der Waals surface area contributed by atoms with Crippen LogP contribution in [0.4, 0.5) is 4.39 Å². The van der Waals surface area contributed by atoms with Crippen molar-refractivity contribution >= 4 is 28.5 Å². The van der Waals surface area contributed by atoms with Crippen molar-refractivity contribution in [3.8, 4) is 11.1 Å². The molecule has 0 radical (unpaired) electrons. The Kier molecular flexibility index (Phi) is 7.82. The number of hydrogen-bond acceptors (Lipinski definition) is 4. The summed E-state index contributed by atoms with van der Waals surface area (Å²) in [4.78, 5) is 1.16. The van der Waals surface area contributed by atoms with Gasteiger partial charge in [-0.25, -0.2) is 4.39 Å². The molecule has 3 aromatic rings. The lowest BCUT2D eigenvalue weighted by atomic mass is 10.00. The molecule has 0 unspecified atom stereocenters. The van der Waals surface area contributed by atoms with Crippen LogP contribution in [-0.2, 0) is 6.54 Å². The average molecular weight is 453 g/mol. The van der Waals surface area contributed by atoms with Crippen LogP contribution in [0.15, 0.2) is 65.8 Å². The molecule has 4 nitrogen and oxygen atoms in total. The number of aromatic nitrogens is 1. The summed E-state index contributed by atoms with van der Waals surface area (Å²) in [5.41, 5.74) is 11.7. The van der Waals surface area contributed by atoms with E-state index in [1.54, 1.807) is 11.9 Å². The number of benzene rings is 2. The van der Waals surface area contributed by atoms with Crippen LogP contribution in [0, 0.1) is 6.92 Å². The topological polar surface area (TPSA) is 46.2 Å². The number of hydrogen-bond donors (Lipinski definition) is 2. The predicted octanol–water partition coefficient (Wildman–Crippen LogP) is 5.97. The van der Waals surface area contributed by atoms with Gasteiger partial charge in [0.15, 0.2) is 0 Å². The quantitative estimate of drug-likeness (QED) is 0.393. The second-order valence-electron chi connectivity index (χ2n) is 8.37. The highest BCUT2D eigenvalue weighted by atomic mass is 32.2. The Bertz CT molecular complexity index is 1140. The molecule has 0 aliphatic rings. The summed E-state index contributed by atoms with van der Waals surface area (Å²) in [7, 11) is 4.06. The molecule has 6 heteroatoms. The van der Waals surface area contributed by atoms with Crippen LogP contribution < -0.4 is 11.1 Å². The SMILES string of the molecule is C=C(NC(C)C)c1ccc2c(c1)c(-c1cccc(SN(C)C)c1)c(C)n2C/C(F)=C/CN. The third-order valence-corrected chi connectivity index (χ3v) is 6.02. The van der Waals surface area contributed by atoms with E-state index in [9.17, 15) is 4.39 Å². The van der Waals surface area contributed by atoms with Crippen molar-refractivity contribution in [2.24, 2.45) is 5.73 Å². The van der Waals surface area contributed by atoms with Gasteiger partial charge in [-0.1, -0.05) is 24.8 Å². The number of nitrogens with zero attached hydrogens (tertiary/aromatic N) is 2. The average Bonchev–Trinajstić information content (AvgIpc) is 2.98. The number of rotatable bonds is 9. The molecule has 1 heterocycles. The van der Waals surface area contributed by atoms with Crippen LogP contribution in [-0.4, -0.2) is 35.6 Å². The van der Waals surface area contributed by atoms with Gasteiger partial charge in [-0.05, 0) is 88.3 Å². The van der Waals surface area contributed by atoms with E-state index in [1.165, 1.54) is 6.08 Å². The van der Waals surface area contributed by atoms with Gasteiger partial charge in [-0.2, -0.15) is 0 Å². The summed E-state index contributed by atoms with van der Waals surface area (Å²) in [5, 5.41) is 4.47. The van der Waals surface area contributed by atoms with Crippen LogP contribution in [0.2, 0.25) is 0 Å². The maximum absolute atomic E-state index is 14.5. The highest BCUT2D eigenvalue weighted by molar-refractivity contribution is 7.97. The molecule has 3 rings (SSSR count). The van der Waals surface area contributed by atoms with E-state index in [0.29, 0.717) is 6.04 Å². The predicted molar refractivity (Wildman–Crippen MR) is 137 cm³/mol. The van der Waals surface area contributed by atoms with Crippen molar-refractivity contribution in [3.05, 3.63) is 72.2 Å². The summed E-state index contributed by atoms with van der Waals surface area (Å²) in [6, 6.07) is 15.0. The molecule has 0 atom stereocenters. The number of nitrogens with one attached hydrogen (secondary N) is 1. The molecular formula is C26H33FN4S. The van der Waals surface area contributed by atoms with Crippen LogP contribution in [0.3, 0.4) is 0 Å². The van der Waals surface area contributed by atoms with Crippen molar-refractivity contribution in [3.63, 3.8) is 0 Å². The highest BCUT2D eigenvalue weighted by Crippen LogP contribution is 2.38. The van der Waals surface area contributed by atoms with Crippen LogP contribution in [0.25, 0.3) is 27.7 Å². The first kappa shape index (κ1) is 24.1. The first-order valence-corrected chi connectivity index (χ1v) is 11.6. The van der Waals surface area contributed by atoms with Crippen LogP contribution >= 0.6 is 11.9 Å². The van der Waals surface area contributed by atoms with Crippen molar-refractivity contribution in [1.82, 2.24) is 14.2 Å². The Morgan fingerprint density at radius 3 is 2.66 bits per heavy atom. The third-order valence-electron chi connectivity index (χ3n) is 5.19. The standard InChI is InChI=1S/C26H33FN4S/c1-17(2)29-18(3)20-10-11-25-24(15-20)26(19(4)31(25)16-22(27)12-13-28)21-8-7-9-23(14-21)32-30(5)6/h7-12,14-15,17,29H,3,13,16,28H2,1-2,4-6H3/b22-12-. The van der Waals surface area contributed by atoms with Gasteiger partial charge < -0.3 is 15.6 Å². The molecule has 32 heavy (non-hydrogen) atoms. The minimum atomic E-state index is -0.231. The molecule has 0 amide bonds. The molecule has 0 saturated carbocycles. The lowest BCUT2D eigenvalue weighted by molar-refractivity contribution is 0.555. The summed E-state index contributed by atoms with van der Waals surface area (Å²) in [6.07, 6.45) is 1.43. The molecule has 3 N–H and O–H groups in total. The second-order valence-corrected chi connectivity index (χ2v) is 9.76. The zero-order chi connectivity index (χ0) is 23.4. The Morgan fingerprint density at radius 2 is 2.00 bits per heavy atom. The minimum absolute atomic E-state index is 0.163. The van der Waals surface area contributed by atoms with Crippen molar-refractivity contribution in [2.75, 3.05) is 20.6 Å². The van der Waals surface area contributed by atoms with Gasteiger partial charge >= 0.3 is 0 Å². The van der Waals surface area contributed by atoms with Crippen molar-refractivity contribution in [2.45, 2.75) is 38.3 Å². The van der Waals surface area contributed by atoms with E-state index in [2.05, 4.69) is 73.4 Å². The smallest absolute Gasteiger partial charge is 0.117 e. The maximum atomic E-state index is 14.5. The van der Waals surface area contributed by atoms with E-state index < -0.39 is 0 Å². The summed E-state index contributed by atoms with van der Waals surface area (Å²) >= 11 is 1.68. The van der Waals surface area contributed by atoms with Crippen LogP contribution in [0.1, 0.15) is 25.1 Å². The Labute approximate surface area is 195 Å². The molecule has 1 aromatic heterocycles. The van der Waals surface area contributed by atoms with Gasteiger partial charge in [0, 0.05) is 45.3 Å². The Hall–Kier alpha value is -2.54. The number of nitrogens with two attached hydrogens (primary N) is 1. The fourth-order valence-corrected chi connectivity index (χ4v) is 4.67. The maximum Gasteiger partial charge on any atom is 0.117 e. The van der Waals surface area contributed by atoms with E-state index in [1.807, 2.05) is 24.7 Å². The highest BCUT2D eigenvalue weighted by Gasteiger charge is 2.18. The van der Waals surface area contributed by atoms with Crippen molar-refractivity contribution in [1.29, 1.82) is 0 Å². The molecule has 0 saturated heterocycles. The van der Waals surface area contributed by atoms with Gasteiger partial charge in [0.25, 0.3) is 0 Å². The molecule has 0 bridgehead atoms. The normalized spacial score (nSPS) is 12.2. The van der Waals surface area contributed by atoms with Gasteiger partial charge in [0.05, 0.1) is 6.54 Å². The number of fused-ring (bicyclic) bond motifs is 1. The molecule has 170 valence electrons. The van der Waals surface area contributed by atoms with E-state index in [-0.39, 0.29) is 18.9 Å². The lowest BCUT2D eigenvalue weighted by Crippen LogP contribution is -2.20. The zero-order valence-corrected chi connectivity index (χ0v) is 20.4. The summed E-state index contributed by atoms with van der Waals surface area (Å²) in [5.74, 6) is -0.231. The van der Waals surface area contributed by atoms with Gasteiger partial charge in [0.1, 0.15) is 5.83 Å². The van der Waals surface area contributed by atoms with Gasteiger partial charge in [-0.15, -0.1) is 0 Å². The fourth-order valence-electron chi connectivity index (χ4n) is 3.93. The molecule has 2 aromatic carbocycles. The Morgan fingerprint density at radius 1 is 1.25 bits per heavy atom. The molecule has 0 spiro atoms. The third kappa shape index (κ3) is 5.44. The van der Waals surface area contributed by atoms with E-state index in [4.69, 9.17) is 5.73 Å². The van der Waals surface area contributed by atoms with Crippen LogP contribution in [0.5, 0.6) is 0 Å². The number of allylic oxidation sites excluding steroid dienone is 1. The fraction of sp³-hybridized carbons (Fsp3) is 0.308. The lowest BCUT2D eigenvalue weighted by Gasteiger charge is -2.14. The first-order valence-electron chi connectivity index (χ1n) is 10.8. The summed E-state index contributed by atoms with van der Waals surface area (Å²) < 4.78 is 18.6. The summed E-state index contributed by atoms with van der Waals surface area (Å²) in [6.45, 7) is 10.8. The molecule has 0 fully saturated rings. The molecular weight excluding hydrogens is 419 g/mol.